The monoisotopic (exact) mass is 291 g/mol. The van der Waals surface area contributed by atoms with E-state index in [9.17, 15) is 0 Å². The van der Waals surface area contributed by atoms with Crippen LogP contribution in [-0.4, -0.2) is 32.2 Å². The molecule has 0 heterocycles. The molecule has 0 unspecified atom stereocenters. The molecular weight excluding hydrogens is 262 g/mol. The zero-order valence-corrected chi connectivity index (χ0v) is 13.6. The number of para-hydroxylation sites is 1. The van der Waals surface area contributed by atoms with Crippen molar-refractivity contribution in [2.45, 2.75) is 40.0 Å². The summed E-state index contributed by atoms with van der Waals surface area (Å²) in [5.74, 6) is 1.88. The van der Waals surface area contributed by atoms with E-state index in [1.807, 2.05) is 19.1 Å². The van der Waals surface area contributed by atoms with Gasteiger partial charge in [-0.25, -0.2) is 0 Å². The van der Waals surface area contributed by atoms with Crippen LogP contribution in [-0.2, 0) is 6.42 Å². The van der Waals surface area contributed by atoms with Crippen LogP contribution in [0.15, 0.2) is 29.3 Å². The summed E-state index contributed by atoms with van der Waals surface area (Å²) in [5.41, 5.74) is 1.23. The lowest BCUT2D eigenvalue weighted by molar-refractivity contribution is 0.336. The highest BCUT2D eigenvalue weighted by atomic mass is 16.5. The first kappa shape index (κ1) is 17.3. The number of aliphatic imine (C=N–C) groups is 1. The van der Waals surface area contributed by atoms with Crippen LogP contribution in [0.1, 0.15) is 39.2 Å². The topological polar surface area (TPSA) is 45.7 Å². The van der Waals surface area contributed by atoms with Gasteiger partial charge in [-0.3, -0.25) is 4.99 Å². The molecule has 21 heavy (non-hydrogen) atoms. The van der Waals surface area contributed by atoms with Crippen LogP contribution in [0.3, 0.4) is 0 Å². The summed E-state index contributed by atoms with van der Waals surface area (Å²) in [6.45, 7) is 9.59. The van der Waals surface area contributed by atoms with E-state index in [0.29, 0.717) is 6.61 Å². The van der Waals surface area contributed by atoms with Crippen molar-refractivity contribution >= 4 is 5.96 Å². The normalized spacial score (nSPS) is 11.3. The molecular formula is C17H29N3O. The summed E-state index contributed by atoms with van der Waals surface area (Å²) in [7, 11) is 0. The number of nitrogens with zero attached hydrogens (tertiary/aromatic N) is 1. The van der Waals surface area contributed by atoms with E-state index in [1.54, 1.807) is 0 Å². The minimum absolute atomic E-state index is 0.700. The Labute approximate surface area is 129 Å². The fourth-order valence-electron chi connectivity index (χ4n) is 2.01. The molecule has 118 valence electrons. The van der Waals surface area contributed by atoms with Gasteiger partial charge in [0.05, 0.1) is 6.61 Å². The van der Waals surface area contributed by atoms with Crippen LogP contribution in [0.5, 0.6) is 5.75 Å². The number of unbranched alkanes of at least 4 members (excludes halogenated alkanes) is 1. The highest BCUT2D eigenvalue weighted by Crippen LogP contribution is 2.17. The van der Waals surface area contributed by atoms with Gasteiger partial charge in [0.25, 0.3) is 0 Å². The summed E-state index contributed by atoms with van der Waals surface area (Å²) in [4.78, 5) is 4.56. The van der Waals surface area contributed by atoms with Gasteiger partial charge in [-0.15, -0.1) is 0 Å². The number of nitrogens with one attached hydrogen (secondary N) is 2. The van der Waals surface area contributed by atoms with Gasteiger partial charge < -0.3 is 15.4 Å². The second kappa shape index (κ2) is 11.0. The van der Waals surface area contributed by atoms with Crippen LogP contribution >= 0.6 is 0 Å². The first-order chi connectivity index (χ1) is 10.3. The standard InChI is InChI=1S/C17H29N3O/c1-4-7-13-19-17(18-5-2)20-14-12-15-10-8-9-11-16(15)21-6-3/h8-11H,4-7,12-14H2,1-3H3,(H2,18,19,20). The summed E-state index contributed by atoms with van der Waals surface area (Å²) in [5, 5.41) is 6.66. The number of hydrogen-bond donors (Lipinski definition) is 2. The maximum Gasteiger partial charge on any atom is 0.191 e. The summed E-state index contributed by atoms with van der Waals surface area (Å²) >= 11 is 0. The molecule has 2 N–H and O–H groups in total. The molecule has 0 aliphatic carbocycles. The average molecular weight is 291 g/mol. The number of rotatable bonds is 9. The lowest BCUT2D eigenvalue weighted by atomic mass is 10.1. The highest BCUT2D eigenvalue weighted by molar-refractivity contribution is 5.79. The predicted molar refractivity (Wildman–Crippen MR) is 90.2 cm³/mol. The Hall–Kier alpha value is -1.71. The van der Waals surface area contributed by atoms with E-state index >= 15 is 0 Å². The first-order valence-electron chi connectivity index (χ1n) is 8.04. The zero-order chi connectivity index (χ0) is 15.3. The molecule has 0 radical (unpaired) electrons. The highest BCUT2D eigenvalue weighted by Gasteiger charge is 2.03. The molecule has 1 aromatic rings. The third-order valence-corrected chi connectivity index (χ3v) is 3.09. The Morgan fingerprint density at radius 2 is 1.95 bits per heavy atom. The summed E-state index contributed by atoms with van der Waals surface area (Å²) in [6.07, 6.45) is 3.22. The zero-order valence-electron chi connectivity index (χ0n) is 13.6. The van der Waals surface area contributed by atoms with E-state index in [0.717, 1.165) is 44.2 Å². The SMILES string of the molecule is CCCCN=C(NCC)NCCc1ccccc1OCC. The van der Waals surface area contributed by atoms with Gasteiger partial charge in [-0.2, -0.15) is 0 Å². The molecule has 1 aromatic carbocycles. The molecule has 4 heteroatoms. The van der Waals surface area contributed by atoms with Gasteiger partial charge in [-0.05, 0) is 38.3 Å². The molecule has 1 rings (SSSR count). The lowest BCUT2D eigenvalue weighted by Crippen LogP contribution is -2.38. The van der Waals surface area contributed by atoms with Crippen LogP contribution in [0, 0.1) is 0 Å². The summed E-state index contributed by atoms with van der Waals surface area (Å²) in [6, 6.07) is 8.21. The van der Waals surface area contributed by atoms with Crippen molar-refractivity contribution in [2.75, 3.05) is 26.2 Å². The van der Waals surface area contributed by atoms with E-state index < -0.39 is 0 Å². The van der Waals surface area contributed by atoms with Gasteiger partial charge in [0, 0.05) is 19.6 Å². The number of benzene rings is 1. The fraction of sp³-hybridized carbons (Fsp3) is 0.588. The number of hydrogen-bond acceptors (Lipinski definition) is 2. The van der Waals surface area contributed by atoms with Crippen molar-refractivity contribution in [2.24, 2.45) is 4.99 Å². The van der Waals surface area contributed by atoms with E-state index in [1.165, 1.54) is 12.0 Å². The molecule has 4 nitrogen and oxygen atoms in total. The quantitative estimate of drug-likeness (QED) is 0.418. The van der Waals surface area contributed by atoms with E-state index in [2.05, 4.69) is 41.6 Å². The third-order valence-electron chi connectivity index (χ3n) is 3.09. The Balaban J connectivity index is 2.48. The average Bonchev–Trinajstić information content (AvgIpc) is 2.49. The maximum absolute atomic E-state index is 5.65. The molecule has 0 bridgehead atoms. The Morgan fingerprint density at radius 1 is 1.14 bits per heavy atom. The van der Waals surface area contributed by atoms with Gasteiger partial charge in [-0.1, -0.05) is 31.5 Å². The molecule has 0 atom stereocenters. The third kappa shape index (κ3) is 7.02. The second-order valence-corrected chi connectivity index (χ2v) is 4.83. The molecule has 0 saturated carbocycles. The summed E-state index contributed by atoms with van der Waals surface area (Å²) < 4.78 is 5.65. The maximum atomic E-state index is 5.65. The van der Waals surface area contributed by atoms with Crippen molar-refractivity contribution < 1.29 is 4.74 Å². The van der Waals surface area contributed by atoms with Crippen LogP contribution in [0.4, 0.5) is 0 Å². The molecule has 0 fully saturated rings. The first-order valence-corrected chi connectivity index (χ1v) is 8.04. The predicted octanol–water partition coefficient (Wildman–Crippen LogP) is 2.98. The van der Waals surface area contributed by atoms with Crippen molar-refractivity contribution in [3.63, 3.8) is 0 Å². The van der Waals surface area contributed by atoms with E-state index in [-0.39, 0.29) is 0 Å². The minimum atomic E-state index is 0.700. The van der Waals surface area contributed by atoms with Crippen molar-refractivity contribution in [3.05, 3.63) is 29.8 Å². The smallest absolute Gasteiger partial charge is 0.191 e. The van der Waals surface area contributed by atoms with Gasteiger partial charge >= 0.3 is 0 Å². The van der Waals surface area contributed by atoms with Gasteiger partial charge in [0.1, 0.15) is 5.75 Å². The molecule has 0 aliphatic heterocycles. The molecule has 0 amide bonds. The van der Waals surface area contributed by atoms with Crippen LogP contribution in [0.25, 0.3) is 0 Å². The van der Waals surface area contributed by atoms with Crippen molar-refractivity contribution in [3.8, 4) is 5.75 Å². The molecule has 0 saturated heterocycles. The van der Waals surface area contributed by atoms with Crippen LogP contribution in [0.2, 0.25) is 0 Å². The van der Waals surface area contributed by atoms with Crippen molar-refractivity contribution in [1.29, 1.82) is 0 Å². The van der Waals surface area contributed by atoms with Gasteiger partial charge in [0.15, 0.2) is 5.96 Å². The second-order valence-electron chi connectivity index (χ2n) is 4.83. The lowest BCUT2D eigenvalue weighted by Gasteiger charge is -2.13. The Kier molecular flexibility index (Phi) is 9.09. The van der Waals surface area contributed by atoms with Gasteiger partial charge in [0.2, 0.25) is 0 Å². The molecule has 0 spiro atoms. The van der Waals surface area contributed by atoms with E-state index in [4.69, 9.17) is 4.74 Å². The fourth-order valence-corrected chi connectivity index (χ4v) is 2.01. The number of ether oxygens (including phenoxy) is 1. The Morgan fingerprint density at radius 3 is 2.67 bits per heavy atom. The minimum Gasteiger partial charge on any atom is -0.494 e. The van der Waals surface area contributed by atoms with Crippen molar-refractivity contribution in [1.82, 2.24) is 10.6 Å². The molecule has 0 aromatic heterocycles. The Bertz CT molecular complexity index is 418. The largest absolute Gasteiger partial charge is 0.494 e. The molecule has 0 aliphatic rings. The number of guanidine groups is 1. The van der Waals surface area contributed by atoms with Crippen LogP contribution < -0.4 is 15.4 Å².